The number of nitrogens with one attached hydrogen (secondary N) is 1. The van der Waals surface area contributed by atoms with Crippen molar-refractivity contribution in [3.63, 3.8) is 0 Å². The van der Waals surface area contributed by atoms with Crippen molar-refractivity contribution in [3.8, 4) is 0 Å². The van der Waals surface area contributed by atoms with E-state index in [0.29, 0.717) is 19.3 Å². The number of aliphatic hydroxyl groups is 7. The summed E-state index contributed by atoms with van der Waals surface area (Å²) < 4.78 is 11.2. The molecule has 0 bridgehead atoms. The number of hydrogen-bond donors (Lipinski definition) is 8. The molecule has 1 heterocycles. The number of carbonyl (C=O) groups is 1. The van der Waals surface area contributed by atoms with Crippen molar-refractivity contribution < 1.29 is 50.0 Å². The maximum absolute atomic E-state index is 13.2. The topological polar surface area (TPSA) is 189 Å². The van der Waals surface area contributed by atoms with Gasteiger partial charge in [-0.05, 0) is 12.8 Å². The Hall–Kier alpha value is -0.890. The summed E-state index contributed by atoms with van der Waals surface area (Å²) in [6, 6.07) is -1.16. The molecule has 0 saturated carbocycles. The lowest BCUT2D eigenvalue weighted by Gasteiger charge is -2.40. The van der Waals surface area contributed by atoms with Crippen LogP contribution in [0, 0.1) is 0 Å². The second-order valence-electron chi connectivity index (χ2n) is 20.7. The first-order chi connectivity index (χ1) is 32.7. The van der Waals surface area contributed by atoms with Crippen molar-refractivity contribution >= 4 is 5.91 Å². The molecule has 1 rings (SSSR count). The van der Waals surface area contributed by atoms with Crippen LogP contribution in [-0.4, -0.2) is 110 Å². The third kappa shape index (κ3) is 35.0. The maximum atomic E-state index is 13.2. The molecule has 400 valence electrons. The zero-order valence-corrected chi connectivity index (χ0v) is 43.7. The second kappa shape index (κ2) is 46.2. The summed E-state index contributed by atoms with van der Waals surface area (Å²) in [5.74, 6) is -0.690. The van der Waals surface area contributed by atoms with E-state index in [1.165, 1.54) is 205 Å². The van der Waals surface area contributed by atoms with Gasteiger partial charge in [-0.1, -0.05) is 271 Å². The molecule has 9 atom stereocenters. The second-order valence-corrected chi connectivity index (χ2v) is 20.7. The van der Waals surface area contributed by atoms with Gasteiger partial charge in [0.1, 0.15) is 36.6 Å². The van der Waals surface area contributed by atoms with Gasteiger partial charge in [0, 0.05) is 0 Å². The number of ether oxygens (including phenoxy) is 2. The summed E-state index contributed by atoms with van der Waals surface area (Å²) in [4.78, 5) is 13.2. The van der Waals surface area contributed by atoms with Crippen molar-refractivity contribution in [2.45, 2.75) is 339 Å². The van der Waals surface area contributed by atoms with E-state index >= 15 is 0 Å². The Balaban J connectivity index is 2.31. The molecule has 67 heavy (non-hydrogen) atoms. The highest BCUT2D eigenvalue weighted by molar-refractivity contribution is 5.80. The van der Waals surface area contributed by atoms with E-state index in [2.05, 4.69) is 19.2 Å². The van der Waals surface area contributed by atoms with Crippen molar-refractivity contribution in [1.82, 2.24) is 5.32 Å². The van der Waals surface area contributed by atoms with E-state index in [1.54, 1.807) is 0 Å². The molecule has 1 saturated heterocycles. The summed E-state index contributed by atoms with van der Waals surface area (Å²) in [5.41, 5.74) is 0. The number of hydrogen-bond acceptors (Lipinski definition) is 10. The maximum Gasteiger partial charge on any atom is 0.249 e. The molecule has 0 radical (unpaired) electrons. The van der Waals surface area contributed by atoms with Crippen molar-refractivity contribution in [3.05, 3.63) is 0 Å². The van der Waals surface area contributed by atoms with Gasteiger partial charge in [0.05, 0.1) is 25.4 Å². The van der Waals surface area contributed by atoms with Crippen LogP contribution in [0.5, 0.6) is 0 Å². The lowest BCUT2D eigenvalue weighted by Crippen LogP contribution is -2.60. The minimum Gasteiger partial charge on any atom is -0.394 e. The number of unbranched alkanes of at least 4 members (excludes halogenated alkanes) is 38. The smallest absolute Gasteiger partial charge is 0.249 e. The largest absolute Gasteiger partial charge is 0.394 e. The third-order valence-corrected chi connectivity index (χ3v) is 14.4. The summed E-state index contributed by atoms with van der Waals surface area (Å²) in [7, 11) is 0. The molecule has 9 unspecified atom stereocenters. The van der Waals surface area contributed by atoms with Gasteiger partial charge in [0.15, 0.2) is 6.29 Å². The molecule has 1 aliphatic rings. The highest BCUT2D eigenvalue weighted by Crippen LogP contribution is 2.24. The molecule has 8 N–H and O–H groups in total. The molecule has 0 spiro atoms. The van der Waals surface area contributed by atoms with Crippen molar-refractivity contribution in [1.29, 1.82) is 0 Å². The predicted molar refractivity (Wildman–Crippen MR) is 275 cm³/mol. The molecular weight excluding hydrogens is 847 g/mol. The lowest BCUT2D eigenvalue weighted by molar-refractivity contribution is -0.303. The van der Waals surface area contributed by atoms with Crippen molar-refractivity contribution in [2.24, 2.45) is 0 Å². The molecule has 1 fully saturated rings. The molecule has 11 heteroatoms. The number of amides is 1. The van der Waals surface area contributed by atoms with Crippen LogP contribution in [-0.2, 0) is 14.3 Å². The van der Waals surface area contributed by atoms with Gasteiger partial charge in [0.2, 0.25) is 5.91 Å². The van der Waals surface area contributed by atoms with Gasteiger partial charge >= 0.3 is 0 Å². The first-order valence-corrected chi connectivity index (χ1v) is 28.9. The zero-order chi connectivity index (χ0) is 49.0. The standard InChI is InChI=1S/C56H111NO10/c1-3-5-7-9-11-13-15-17-19-21-23-24-26-28-30-32-34-36-38-40-42-44-49(60)55(65)57-47(46-66-56-54(64)53(63)52(62)50(45-58)67-56)51(61)48(59)43-41-39-37-35-33-31-29-27-25-22-20-18-16-14-12-10-8-6-4-2/h47-54,56,58-64H,3-46H2,1-2H3,(H,57,65). The SMILES string of the molecule is CCCCCCCCCCCCCCCCCCCCCCCC(O)C(=O)NC(COC1OC(CO)C(O)C(O)C1O)C(O)C(O)CCCCCCCCCCCCCCCCCCCCC. The van der Waals surface area contributed by atoms with E-state index in [4.69, 9.17) is 9.47 Å². The molecule has 0 aromatic carbocycles. The molecule has 0 aliphatic carbocycles. The van der Waals surface area contributed by atoms with Crippen LogP contribution < -0.4 is 5.32 Å². The van der Waals surface area contributed by atoms with Gasteiger partial charge in [-0.25, -0.2) is 0 Å². The van der Waals surface area contributed by atoms with Crippen LogP contribution in [0.15, 0.2) is 0 Å². The Morgan fingerprint density at radius 1 is 0.463 bits per heavy atom. The molecule has 0 aromatic rings. The quantitative estimate of drug-likeness (QED) is 0.0273. The van der Waals surface area contributed by atoms with Crippen molar-refractivity contribution in [2.75, 3.05) is 13.2 Å². The van der Waals surface area contributed by atoms with Gasteiger partial charge in [0.25, 0.3) is 0 Å². The van der Waals surface area contributed by atoms with Crippen LogP contribution in [0.25, 0.3) is 0 Å². The van der Waals surface area contributed by atoms with Gasteiger partial charge in [-0.3, -0.25) is 4.79 Å². The van der Waals surface area contributed by atoms with E-state index in [9.17, 15) is 40.5 Å². The number of carbonyl (C=O) groups excluding carboxylic acids is 1. The highest BCUT2D eigenvalue weighted by Gasteiger charge is 2.44. The predicted octanol–water partition coefficient (Wildman–Crippen LogP) is 11.8. The molecule has 1 amide bonds. The molecular formula is C56H111NO10. The van der Waals surface area contributed by atoms with Crippen LogP contribution in [0.3, 0.4) is 0 Å². The summed E-state index contributed by atoms with van der Waals surface area (Å²) >= 11 is 0. The first-order valence-electron chi connectivity index (χ1n) is 28.9. The monoisotopic (exact) mass is 958 g/mol. The van der Waals surface area contributed by atoms with E-state index in [0.717, 1.165) is 38.5 Å². The molecule has 0 aromatic heterocycles. The third-order valence-electron chi connectivity index (χ3n) is 14.4. The molecule has 11 nitrogen and oxygen atoms in total. The van der Waals surface area contributed by atoms with E-state index in [1.807, 2.05) is 0 Å². The number of rotatable bonds is 50. The zero-order valence-electron chi connectivity index (χ0n) is 43.7. The normalized spacial score (nSPS) is 20.5. The minimum atomic E-state index is -1.66. The molecule has 1 aliphatic heterocycles. The van der Waals surface area contributed by atoms with E-state index < -0.39 is 74.2 Å². The Morgan fingerprint density at radius 3 is 1.10 bits per heavy atom. The minimum absolute atomic E-state index is 0.267. The summed E-state index contributed by atoms with van der Waals surface area (Å²) in [6.07, 6.45) is 40.0. The fourth-order valence-electron chi connectivity index (χ4n) is 9.68. The van der Waals surface area contributed by atoms with Gasteiger partial charge < -0.3 is 50.5 Å². The lowest BCUT2D eigenvalue weighted by atomic mass is 9.98. The van der Waals surface area contributed by atoms with Crippen LogP contribution in [0.2, 0.25) is 0 Å². The Labute approximate surface area is 411 Å². The number of aliphatic hydroxyl groups excluding tert-OH is 7. The average molecular weight is 959 g/mol. The Kier molecular flexibility index (Phi) is 44.2. The van der Waals surface area contributed by atoms with Crippen LogP contribution in [0.4, 0.5) is 0 Å². The Morgan fingerprint density at radius 2 is 0.776 bits per heavy atom. The van der Waals surface area contributed by atoms with Crippen LogP contribution in [0.1, 0.15) is 284 Å². The van der Waals surface area contributed by atoms with Gasteiger partial charge in [-0.2, -0.15) is 0 Å². The van der Waals surface area contributed by atoms with Crippen LogP contribution >= 0.6 is 0 Å². The fraction of sp³-hybridized carbons (Fsp3) is 0.982. The summed E-state index contributed by atoms with van der Waals surface area (Å²) in [5, 5.41) is 76.2. The highest BCUT2D eigenvalue weighted by atomic mass is 16.7. The Bertz CT molecular complexity index is 1050. The first kappa shape index (κ1) is 64.1. The fourth-order valence-corrected chi connectivity index (χ4v) is 9.68. The summed E-state index contributed by atoms with van der Waals surface area (Å²) in [6.45, 7) is 3.50. The van der Waals surface area contributed by atoms with E-state index in [-0.39, 0.29) is 6.42 Å². The van der Waals surface area contributed by atoms with Gasteiger partial charge in [-0.15, -0.1) is 0 Å². The average Bonchev–Trinajstić information content (AvgIpc) is 3.33.